The summed E-state index contributed by atoms with van der Waals surface area (Å²) >= 11 is 0. The van der Waals surface area contributed by atoms with Crippen LogP contribution in [0.5, 0.6) is 5.75 Å². The van der Waals surface area contributed by atoms with Gasteiger partial charge in [0.15, 0.2) is 5.78 Å². The van der Waals surface area contributed by atoms with Gasteiger partial charge in [0.05, 0.1) is 6.04 Å². The fourth-order valence-corrected chi connectivity index (χ4v) is 1.94. The summed E-state index contributed by atoms with van der Waals surface area (Å²) < 4.78 is 5.58. The van der Waals surface area contributed by atoms with Gasteiger partial charge in [-0.1, -0.05) is 6.92 Å². The quantitative estimate of drug-likeness (QED) is 0.809. The zero-order valence-corrected chi connectivity index (χ0v) is 10.4. The molecule has 1 saturated heterocycles. The highest BCUT2D eigenvalue weighted by Gasteiger charge is 2.20. The average molecular weight is 247 g/mol. The van der Waals surface area contributed by atoms with Crippen molar-refractivity contribution in [1.82, 2.24) is 5.32 Å². The van der Waals surface area contributed by atoms with E-state index in [1.54, 1.807) is 24.3 Å². The second-order valence-corrected chi connectivity index (χ2v) is 4.42. The van der Waals surface area contributed by atoms with Crippen molar-refractivity contribution in [3.8, 4) is 5.75 Å². The lowest BCUT2D eigenvalue weighted by atomic mass is 10.1. The molecule has 0 saturated carbocycles. The van der Waals surface area contributed by atoms with Gasteiger partial charge in [-0.15, -0.1) is 0 Å². The van der Waals surface area contributed by atoms with Crippen LogP contribution >= 0.6 is 0 Å². The van der Waals surface area contributed by atoms with Gasteiger partial charge >= 0.3 is 0 Å². The Morgan fingerprint density at radius 2 is 2.11 bits per heavy atom. The molecule has 1 aromatic rings. The van der Waals surface area contributed by atoms with Crippen LogP contribution in [0.4, 0.5) is 0 Å². The molecular formula is C14H17NO3. The minimum absolute atomic E-state index is 0.0903. The summed E-state index contributed by atoms with van der Waals surface area (Å²) in [5.41, 5.74) is 0.707. The van der Waals surface area contributed by atoms with Crippen molar-refractivity contribution in [2.24, 2.45) is 0 Å². The third-order valence-corrected chi connectivity index (χ3v) is 3.03. The minimum atomic E-state index is 0.0903. The number of benzene rings is 1. The number of ketones is 1. The predicted molar refractivity (Wildman–Crippen MR) is 67.7 cm³/mol. The Kier molecular flexibility index (Phi) is 3.97. The van der Waals surface area contributed by atoms with Gasteiger partial charge in [0.25, 0.3) is 0 Å². The van der Waals surface area contributed by atoms with Crippen LogP contribution in [-0.2, 0) is 4.79 Å². The van der Waals surface area contributed by atoms with Crippen molar-refractivity contribution >= 4 is 11.7 Å². The zero-order valence-electron chi connectivity index (χ0n) is 10.4. The van der Waals surface area contributed by atoms with Crippen LogP contribution in [0, 0.1) is 0 Å². The molecule has 18 heavy (non-hydrogen) atoms. The first-order chi connectivity index (χ1) is 8.69. The van der Waals surface area contributed by atoms with Crippen LogP contribution in [-0.4, -0.2) is 24.3 Å². The van der Waals surface area contributed by atoms with Gasteiger partial charge in [0.2, 0.25) is 5.91 Å². The molecule has 0 bridgehead atoms. The van der Waals surface area contributed by atoms with Crippen LogP contribution < -0.4 is 10.1 Å². The molecule has 0 aromatic heterocycles. The Bertz CT molecular complexity index is 439. The molecule has 1 atom stereocenters. The largest absolute Gasteiger partial charge is 0.491 e. The number of Topliss-reactive ketones (excluding diaryl/α,β-unsaturated/α-hetero) is 1. The highest BCUT2D eigenvalue weighted by atomic mass is 16.5. The molecule has 0 aliphatic carbocycles. The lowest BCUT2D eigenvalue weighted by Crippen LogP contribution is -2.30. The van der Waals surface area contributed by atoms with Crippen molar-refractivity contribution < 1.29 is 14.3 Å². The molecule has 1 aliphatic heterocycles. The van der Waals surface area contributed by atoms with Crippen LogP contribution in [0.3, 0.4) is 0 Å². The predicted octanol–water partition coefficient (Wildman–Crippen LogP) is 1.94. The van der Waals surface area contributed by atoms with E-state index in [0.29, 0.717) is 25.0 Å². The highest BCUT2D eigenvalue weighted by Crippen LogP contribution is 2.15. The molecule has 1 fully saturated rings. The normalized spacial score (nSPS) is 18.5. The maximum Gasteiger partial charge on any atom is 0.220 e. The van der Waals surface area contributed by atoms with Crippen molar-refractivity contribution in [1.29, 1.82) is 0 Å². The standard InChI is InChI=1S/C14H17NO3/c1-2-13(16)10-3-6-12(7-4-10)18-9-11-5-8-14(17)15-11/h3-4,6-7,11H,2,5,8-9H2,1H3,(H,15,17). The van der Waals surface area contributed by atoms with E-state index in [1.807, 2.05) is 6.92 Å². The fourth-order valence-electron chi connectivity index (χ4n) is 1.94. The van der Waals surface area contributed by atoms with E-state index in [4.69, 9.17) is 4.74 Å². The number of carbonyl (C=O) groups is 2. The highest BCUT2D eigenvalue weighted by molar-refractivity contribution is 5.95. The molecule has 1 amide bonds. The Morgan fingerprint density at radius 1 is 1.39 bits per heavy atom. The third kappa shape index (κ3) is 3.09. The van der Waals surface area contributed by atoms with Gasteiger partial charge in [0, 0.05) is 18.4 Å². The Morgan fingerprint density at radius 3 is 2.67 bits per heavy atom. The third-order valence-electron chi connectivity index (χ3n) is 3.03. The van der Waals surface area contributed by atoms with E-state index in [0.717, 1.165) is 12.2 Å². The van der Waals surface area contributed by atoms with E-state index >= 15 is 0 Å². The summed E-state index contributed by atoms with van der Waals surface area (Å²) in [6.45, 7) is 2.32. The van der Waals surface area contributed by atoms with E-state index in [9.17, 15) is 9.59 Å². The van der Waals surface area contributed by atoms with Crippen molar-refractivity contribution in [2.75, 3.05) is 6.61 Å². The molecule has 96 valence electrons. The molecule has 1 N–H and O–H groups in total. The summed E-state index contributed by atoms with van der Waals surface area (Å²) in [6.07, 6.45) is 1.91. The maximum absolute atomic E-state index is 11.4. The molecule has 1 unspecified atom stereocenters. The molecule has 4 nitrogen and oxygen atoms in total. The zero-order chi connectivity index (χ0) is 13.0. The number of carbonyl (C=O) groups excluding carboxylic acids is 2. The van der Waals surface area contributed by atoms with Gasteiger partial charge in [0.1, 0.15) is 12.4 Å². The number of rotatable bonds is 5. The van der Waals surface area contributed by atoms with E-state index < -0.39 is 0 Å². The number of ether oxygens (including phenoxy) is 1. The molecule has 1 heterocycles. The van der Waals surface area contributed by atoms with Crippen LogP contribution in [0.1, 0.15) is 36.5 Å². The van der Waals surface area contributed by atoms with Gasteiger partial charge in [-0.2, -0.15) is 0 Å². The van der Waals surface area contributed by atoms with Crippen molar-refractivity contribution in [3.63, 3.8) is 0 Å². The lowest BCUT2D eigenvalue weighted by Gasteiger charge is -2.12. The molecule has 2 rings (SSSR count). The molecule has 4 heteroatoms. The lowest BCUT2D eigenvalue weighted by molar-refractivity contribution is -0.119. The number of nitrogens with one attached hydrogen (secondary N) is 1. The molecule has 0 spiro atoms. The van der Waals surface area contributed by atoms with Gasteiger partial charge < -0.3 is 10.1 Å². The summed E-state index contributed by atoms with van der Waals surface area (Å²) in [6, 6.07) is 7.23. The van der Waals surface area contributed by atoms with Gasteiger partial charge in [-0.05, 0) is 30.7 Å². The van der Waals surface area contributed by atoms with Gasteiger partial charge in [-0.25, -0.2) is 0 Å². The number of hydrogen-bond donors (Lipinski definition) is 1. The number of amides is 1. The van der Waals surface area contributed by atoms with Crippen molar-refractivity contribution in [2.45, 2.75) is 32.2 Å². The Labute approximate surface area is 106 Å². The maximum atomic E-state index is 11.4. The Hall–Kier alpha value is -1.84. The second kappa shape index (κ2) is 5.67. The summed E-state index contributed by atoms with van der Waals surface area (Å²) in [5.74, 6) is 0.945. The summed E-state index contributed by atoms with van der Waals surface area (Å²) in [4.78, 5) is 22.5. The first kappa shape index (κ1) is 12.6. The van der Waals surface area contributed by atoms with Crippen LogP contribution in [0.2, 0.25) is 0 Å². The first-order valence-corrected chi connectivity index (χ1v) is 6.24. The fraction of sp³-hybridized carbons (Fsp3) is 0.429. The van der Waals surface area contributed by atoms with Crippen LogP contribution in [0.25, 0.3) is 0 Å². The van der Waals surface area contributed by atoms with Gasteiger partial charge in [-0.3, -0.25) is 9.59 Å². The molecule has 0 radical (unpaired) electrons. The SMILES string of the molecule is CCC(=O)c1ccc(OCC2CCC(=O)N2)cc1. The van der Waals surface area contributed by atoms with E-state index in [1.165, 1.54) is 0 Å². The minimum Gasteiger partial charge on any atom is -0.491 e. The number of hydrogen-bond acceptors (Lipinski definition) is 3. The van der Waals surface area contributed by atoms with E-state index in [2.05, 4.69) is 5.32 Å². The Balaban J connectivity index is 1.86. The smallest absolute Gasteiger partial charge is 0.220 e. The average Bonchev–Trinajstić information content (AvgIpc) is 2.82. The molecule has 1 aliphatic rings. The summed E-state index contributed by atoms with van der Waals surface area (Å²) in [7, 11) is 0. The topological polar surface area (TPSA) is 55.4 Å². The molecule has 1 aromatic carbocycles. The van der Waals surface area contributed by atoms with E-state index in [-0.39, 0.29) is 17.7 Å². The first-order valence-electron chi connectivity index (χ1n) is 6.24. The molecular weight excluding hydrogens is 230 g/mol. The monoisotopic (exact) mass is 247 g/mol. The van der Waals surface area contributed by atoms with Crippen molar-refractivity contribution in [3.05, 3.63) is 29.8 Å². The van der Waals surface area contributed by atoms with Crippen LogP contribution in [0.15, 0.2) is 24.3 Å². The summed E-state index contributed by atoms with van der Waals surface area (Å²) in [5, 5.41) is 2.84. The second-order valence-electron chi connectivity index (χ2n) is 4.42.